The number of likely N-dealkylation sites (tertiary alicyclic amines) is 1. The van der Waals surface area contributed by atoms with Crippen LogP contribution in [0.4, 0.5) is 10.6 Å². The van der Waals surface area contributed by atoms with Gasteiger partial charge >= 0.3 is 6.09 Å². The van der Waals surface area contributed by atoms with E-state index in [1.807, 2.05) is 37.2 Å². The highest BCUT2D eigenvalue weighted by Crippen LogP contribution is 2.12. The number of carbonyl (C=O) groups is 2. The average molecular weight is 434 g/mol. The molecule has 2 amide bonds. The van der Waals surface area contributed by atoms with E-state index in [2.05, 4.69) is 20.6 Å². The Hall–Kier alpha value is -3.04. The van der Waals surface area contributed by atoms with Crippen molar-refractivity contribution in [1.29, 1.82) is 0 Å². The molecule has 172 valence electrons. The summed E-state index contributed by atoms with van der Waals surface area (Å²) >= 11 is 0. The van der Waals surface area contributed by atoms with Gasteiger partial charge in [-0.25, -0.2) is 14.8 Å². The van der Waals surface area contributed by atoms with E-state index in [9.17, 15) is 9.59 Å². The van der Waals surface area contributed by atoms with Gasteiger partial charge in [0.15, 0.2) is 5.96 Å². The minimum atomic E-state index is -0.267. The molecule has 10 nitrogen and oxygen atoms in total. The van der Waals surface area contributed by atoms with Gasteiger partial charge in [0.2, 0.25) is 5.91 Å². The summed E-state index contributed by atoms with van der Waals surface area (Å²) in [5, 5.41) is 6.51. The second-order valence-electron chi connectivity index (χ2n) is 7.79. The molecule has 2 N–H and O–H groups in total. The van der Waals surface area contributed by atoms with Crippen molar-refractivity contribution in [3.05, 3.63) is 23.9 Å². The van der Waals surface area contributed by atoms with Crippen LogP contribution in [-0.2, 0) is 16.1 Å². The molecular weight excluding hydrogens is 398 g/mol. The summed E-state index contributed by atoms with van der Waals surface area (Å²) in [6.07, 6.45) is 1.28. The topological polar surface area (TPSA) is 102 Å². The molecule has 2 heterocycles. The van der Waals surface area contributed by atoms with Crippen molar-refractivity contribution < 1.29 is 14.3 Å². The number of ether oxygens (including phenoxy) is 1. The van der Waals surface area contributed by atoms with Gasteiger partial charge in [-0.2, -0.15) is 0 Å². The average Bonchev–Trinajstić information content (AvgIpc) is 2.76. The molecule has 0 radical (unpaired) electrons. The predicted octanol–water partition coefficient (Wildman–Crippen LogP) is 0.892. The molecule has 1 aromatic heterocycles. The minimum absolute atomic E-state index is 0.0423. The molecule has 0 atom stereocenters. The van der Waals surface area contributed by atoms with E-state index in [1.54, 1.807) is 25.9 Å². The molecule has 0 aliphatic carbocycles. The second-order valence-corrected chi connectivity index (χ2v) is 7.79. The van der Waals surface area contributed by atoms with E-state index >= 15 is 0 Å². The normalized spacial score (nSPS) is 14.7. The van der Waals surface area contributed by atoms with Crippen LogP contribution in [0.15, 0.2) is 23.2 Å². The molecule has 0 spiro atoms. The third kappa shape index (κ3) is 7.95. The molecule has 1 aromatic rings. The Bertz CT molecular complexity index is 759. The first-order chi connectivity index (χ1) is 14.8. The number of anilines is 1. The maximum Gasteiger partial charge on any atom is 0.409 e. The largest absolute Gasteiger partial charge is 0.450 e. The molecule has 1 aliphatic heterocycles. The lowest BCUT2D eigenvalue weighted by molar-refractivity contribution is -0.127. The molecule has 0 bridgehead atoms. The first-order valence-corrected chi connectivity index (χ1v) is 10.6. The standard InChI is InChI=1S/C21H35N7O3/c1-6-31-21(30)28-12-10-16(11-13-28)25-20(23-15-19(29)27(4)5)22-14-17-8-7-9-18(24-17)26(2)3/h7-9,16H,6,10-15H2,1-5H3,(H2,22,23,25). The number of rotatable bonds is 7. The molecule has 31 heavy (non-hydrogen) atoms. The van der Waals surface area contributed by atoms with Gasteiger partial charge in [-0.05, 0) is 31.9 Å². The lowest BCUT2D eigenvalue weighted by atomic mass is 10.1. The van der Waals surface area contributed by atoms with E-state index in [0.717, 1.165) is 24.4 Å². The Kier molecular flexibility index (Phi) is 9.36. The quantitative estimate of drug-likeness (QED) is 0.486. The SMILES string of the molecule is CCOC(=O)N1CCC(NC(=NCc2cccc(N(C)C)n2)NCC(=O)N(C)C)CC1. The number of pyridine rings is 1. The van der Waals surface area contributed by atoms with Gasteiger partial charge in [0.25, 0.3) is 0 Å². The Morgan fingerprint density at radius 2 is 1.94 bits per heavy atom. The van der Waals surface area contributed by atoms with E-state index in [4.69, 9.17) is 4.74 Å². The van der Waals surface area contributed by atoms with Crippen molar-refractivity contribution in [2.75, 3.05) is 59.3 Å². The molecule has 0 saturated carbocycles. The van der Waals surface area contributed by atoms with Gasteiger partial charge in [-0.1, -0.05) is 6.07 Å². The number of aromatic nitrogens is 1. The second kappa shape index (κ2) is 12.0. The number of piperidine rings is 1. The van der Waals surface area contributed by atoms with Crippen LogP contribution in [0.1, 0.15) is 25.5 Å². The van der Waals surface area contributed by atoms with E-state index in [1.165, 1.54) is 4.90 Å². The van der Waals surface area contributed by atoms with Crippen LogP contribution in [0.5, 0.6) is 0 Å². The van der Waals surface area contributed by atoms with Gasteiger partial charge in [0.1, 0.15) is 5.82 Å². The van der Waals surface area contributed by atoms with Crippen molar-refractivity contribution in [3.63, 3.8) is 0 Å². The maximum absolute atomic E-state index is 12.0. The first kappa shape index (κ1) is 24.2. The van der Waals surface area contributed by atoms with E-state index in [0.29, 0.717) is 32.2 Å². The van der Waals surface area contributed by atoms with Crippen molar-refractivity contribution in [2.45, 2.75) is 32.4 Å². The smallest absolute Gasteiger partial charge is 0.409 e. The number of hydrogen-bond acceptors (Lipinski definition) is 6. The van der Waals surface area contributed by atoms with Crippen molar-refractivity contribution in [1.82, 2.24) is 25.4 Å². The van der Waals surface area contributed by atoms with Crippen LogP contribution in [-0.4, -0.2) is 93.2 Å². The van der Waals surface area contributed by atoms with Gasteiger partial charge in [-0.3, -0.25) is 4.79 Å². The van der Waals surface area contributed by atoms with Gasteiger partial charge in [0.05, 0.1) is 25.4 Å². The highest BCUT2D eigenvalue weighted by molar-refractivity contribution is 5.86. The number of nitrogens with zero attached hydrogens (tertiary/aromatic N) is 5. The molecule has 2 rings (SSSR count). The number of aliphatic imine (C=N–C) groups is 1. The monoisotopic (exact) mass is 433 g/mol. The lowest BCUT2D eigenvalue weighted by Crippen LogP contribution is -2.51. The fourth-order valence-corrected chi connectivity index (χ4v) is 3.05. The summed E-state index contributed by atoms with van der Waals surface area (Å²) in [5.41, 5.74) is 0.836. The summed E-state index contributed by atoms with van der Waals surface area (Å²) in [6.45, 7) is 3.94. The molecule has 10 heteroatoms. The van der Waals surface area contributed by atoms with Crippen molar-refractivity contribution in [2.24, 2.45) is 4.99 Å². The Labute approximate surface area is 184 Å². The number of nitrogens with one attached hydrogen (secondary N) is 2. The molecule has 1 saturated heterocycles. The summed E-state index contributed by atoms with van der Waals surface area (Å²) in [7, 11) is 7.32. The fraction of sp³-hybridized carbons (Fsp3) is 0.619. The summed E-state index contributed by atoms with van der Waals surface area (Å²) in [6, 6.07) is 5.97. The lowest BCUT2D eigenvalue weighted by Gasteiger charge is -2.32. The molecule has 0 aromatic carbocycles. The highest BCUT2D eigenvalue weighted by atomic mass is 16.6. The van der Waals surface area contributed by atoms with Crippen LogP contribution in [0.25, 0.3) is 0 Å². The first-order valence-electron chi connectivity index (χ1n) is 10.6. The van der Waals surface area contributed by atoms with Crippen LogP contribution in [0.2, 0.25) is 0 Å². The number of carbonyl (C=O) groups excluding carboxylic acids is 2. The third-order valence-corrected chi connectivity index (χ3v) is 4.92. The van der Waals surface area contributed by atoms with E-state index in [-0.39, 0.29) is 24.6 Å². The fourth-order valence-electron chi connectivity index (χ4n) is 3.05. The Morgan fingerprint density at radius 1 is 1.23 bits per heavy atom. The zero-order valence-corrected chi connectivity index (χ0v) is 19.2. The summed E-state index contributed by atoms with van der Waals surface area (Å²) in [5.74, 6) is 1.38. The van der Waals surface area contributed by atoms with Crippen molar-refractivity contribution in [3.8, 4) is 0 Å². The highest BCUT2D eigenvalue weighted by Gasteiger charge is 2.24. The van der Waals surface area contributed by atoms with Crippen molar-refractivity contribution >= 4 is 23.8 Å². The number of hydrogen-bond donors (Lipinski definition) is 2. The zero-order chi connectivity index (χ0) is 22.8. The van der Waals surface area contributed by atoms with Gasteiger partial charge in [0, 0.05) is 47.3 Å². The van der Waals surface area contributed by atoms with Gasteiger partial charge < -0.3 is 30.1 Å². The Balaban J connectivity index is 2.01. The van der Waals surface area contributed by atoms with Crippen LogP contribution >= 0.6 is 0 Å². The number of guanidine groups is 1. The third-order valence-electron chi connectivity index (χ3n) is 4.92. The van der Waals surface area contributed by atoms with Crippen LogP contribution < -0.4 is 15.5 Å². The Morgan fingerprint density at radius 3 is 2.55 bits per heavy atom. The summed E-state index contributed by atoms with van der Waals surface area (Å²) in [4.78, 5) is 38.3. The minimum Gasteiger partial charge on any atom is -0.450 e. The maximum atomic E-state index is 12.0. The summed E-state index contributed by atoms with van der Waals surface area (Å²) < 4.78 is 5.08. The molecule has 1 fully saturated rings. The van der Waals surface area contributed by atoms with Gasteiger partial charge in [-0.15, -0.1) is 0 Å². The van der Waals surface area contributed by atoms with Crippen LogP contribution in [0, 0.1) is 0 Å². The molecule has 0 unspecified atom stereocenters. The van der Waals surface area contributed by atoms with Crippen LogP contribution in [0.3, 0.4) is 0 Å². The predicted molar refractivity (Wildman–Crippen MR) is 121 cm³/mol. The molecule has 1 aliphatic rings. The van der Waals surface area contributed by atoms with E-state index < -0.39 is 0 Å². The number of likely N-dealkylation sites (N-methyl/N-ethyl adjacent to an activating group) is 1. The molecular formula is C21H35N7O3. The number of amides is 2. The zero-order valence-electron chi connectivity index (χ0n) is 19.2.